The number of benzene rings is 1. The second-order valence-corrected chi connectivity index (χ2v) is 5.32. The van der Waals surface area contributed by atoms with Gasteiger partial charge in [-0.25, -0.2) is 4.79 Å². The van der Waals surface area contributed by atoms with Gasteiger partial charge in [-0.05, 0) is 31.2 Å². The first-order valence-electron chi connectivity index (χ1n) is 7.08. The predicted molar refractivity (Wildman–Crippen MR) is 82.3 cm³/mol. The molecule has 0 radical (unpaired) electrons. The Hall–Kier alpha value is -2.11. The van der Waals surface area contributed by atoms with Gasteiger partial charge in [-0.2, -0.15) is 0 Å². The quantitative estimate of drug-likeness (QED) is 0.831. The highest BCUT2D eigenvalue weighted by Gasteiger charge is 2.16. The van der Waals surface area contributed by atoms with Crippen LogP contribution in [-0.4, -0.2) is 30.1 Å². The fraction of sp³-hybridized carbons (Fsp3) is 0.353. The topological polar surface area (TPSA) is 62.9 Å². The van der Waals surface area contributed by atoms with E-state index in [-0.39, 0.29) is 12.6 Å². The average Bonchev–Trinajstić information content (AvgIpc) is 2.87. The molecule has 0 amide bonds. The number of hydrogen-bond acceptors (Lipinski definition) is 5. The Kier molecular flexibility index (Phi) is 5.35. The highest BCUT2D eigenvalue weighted by Crippen LogP contribution is 2.18. The maximum absolute atomic E-state index is 11.6. The number of ether oxygens (including phenoxy) is 1. The molecule has 0 spiro atoms. The average molecular weight is 303 g/mol. The maximum atomic E-state index is 11.6. The Bertz CT molecular complexity index is 631. The van der Waals surface area contributed by atoms with Crippen LogP contribution in [-0.2, 0) is 24.4 Å². The van der Waals surface area contributed by atoms with Gasteiger partial charge in [-0.3, -0.25) is 4.90 Å². The van der Waals surface area contributed by atoms with Gasteiger partial charge in [0.05, 0.1) is 20.3 Å². The molecule has 0 unspecified atom stereocenters. The minimum atomic E-state index is -0.380. The summed E-state index contributed by atoms with van der Waals surface area (Å²) in [6.45, 7) is 3.15. The smallest absolute Gasteiger partial charge is 0.341 e. The molecule has 0 aliphatic rings. The first kappa shape index (κ1) is 16.3. The van der Waals surface area contributed by atoms with Crippen LogP contribution in [0.25, 0.3) is 0 Å². The first-order chi connectivity index (χ1) is 10.5. The molecule has 2 aromatic rings. The molecule has 5 nitrogen and oxygen atoms in total. The van der Waals surface area contributed by atoms with Crippen molar-refractivity contribution in [3.8, 4) is 0 Å². The van der Waals surface area contributed by atoms with Crippen molar-refractivity contribution in [2.45, 2.75) is 26.6 Å². The molecule has 1 N–H and O–H groups in total. The van der Waals surface area contributed by atoms with Crippen LogP contribution >= 0.6 is 0 Å². The Morgan fingerprint density at radius 3 is 2.45 bits per heavy atom. The van der Waals surface area contributed by atoms with Crippen LogP contribution < -0.4 is 0 Å². The molecule has 0 saturated carbocycles. The summed E-state index contributed by atoms with van der Waals surface area (Å²) in [5.41, 5.74) is 2.52. The zero-order chi connectivity index (χ0) is 16.1. The van der Waals surface area contributed by atoms with Gasteiger partial charge in [0.15, 0.2) is 0 Å². The molecule has 5 heteroatoms. The second-order valence-electron chi connectivity index (χ2n) is 5.32. The first-order valence-corrected chi connectivity index (χ1v) is 7.08. The lowest BCUT2D eigenvalue weighted by molar-refractivity contribution is 0.0599. The highest BCUT2D eigenvalue weighted by molar-refractivity contribution is 5.90. The summed E-state index contributed by atoms with van der Waals surface area (Å²) in [5, 5.41) is 9.04. The summed E-state index contributed by atoms with van der Waals surface area (Å²) >= 11 is 0. The molecule has 0 atom stereocenters. The van der Waals surface area contributed by atoms with E-state index in [1.165, 1.54) is 7.11 Å². The molecule has 2 rings (SSSR count). The molecule has 22 heavy (non-hydrogen) atoms. The van der Waals surface area contributed by atoms with Crippen molar-refractivity contribution in [3.63, 3.8) is 0 Å². The number of aryl methyl sites for hydroxylation is 1. The van der Waals surface area contributed by atoms with E-state index in [0.717, 1.165) is 23.4 Å². The van der Waals surface area contributed by atoms with Gasteiger partial charge in [-0.1, -0.05) is 24.3 Å². The minimum Gasteiger partial charge on any atom is -0.465 e. The van der Waals surface area contributed by atoms with Crippen LogP contribution in [0.3, 0.4) is 0 Å². The van der Waals surface area contributed by atoms with Gasteiger partial charge in [0.2, 0.25) is 0 Å². The predicted octanol–water partition coefficient (Wildman–Crippen LogP) is 2.50. The van der Waals surface area contributed by atoms with E-state index in [9.17, 15) is 4.79 Å². The molecule has 0 aliphatic heterocycles. The number of methoxy groups -OCH3 is 1. The summed E-state index contributed by atoms with van der Waals surface area (Å²) < 4.78 is 10.3. The van der Waals surface area contributed by atoms with Crippen LogP contribution in [0.15, 0.2) is 34.7 Å². The molecule has 0 saturated heterocycles. The Labute approximate surface area is 130 Å². The van der Waals surface area contributed by atoms with Gasteiger partial charge in [0.1, 0.15) is 17.1 Å². The lowest BCUT2D eigenvalue weighted by Crippen LogP contribution is -2.16. The van der Waals surface area contributed by atoms with Gasteiger partial charge in [-0.15, -0.1) is 0 Å². The molecular formula is C17H21NO4. The Balaban J connectivity index is 1.99. The number of nitrogens with zero attached hydrogens (tertiary/aromatic N) is 1. The fourth-order valence-corrected chi connectivity index (χ4v) is 2.32. The summed E-state index contributed by atoms with van der Waals surface area (Å²) in [5.74, 6) is 0.921. The number of aliphatic hydroxyl groups excluding tert-OH is 1. The number of carbonyl (C=O) groups is 1. The van der Waals surface area contributed by atoms with E-state index in [1.54, 1.807) is 13.0 Å². The van der Waals surface area contributed by atoms with Crippen molar-refractivity contribution < 1.29 is 19.1 Å². The molecule has 1 aromatic heterocycles. The SMILES string of the molecule is COC(=O)c1cc(CN(C)Cc2ccc(CO)cc2)oc1C. The Morgan fingerprint density at radius 1 is 1.23 bits per heavy atom. The van der Waals surface area contributed by atoms with Gasteiger partial charge in [0.25, 0.3) is 0 Å². The number of rotatable bonds is 6. The van der Waals surface area contributed by atoms with E-state index in [4.69, 9.17) is 14.3 Å². The number of esters is 1. The second kappa shape index (κ2) is 7.24. The van der Waals surface area contributed by atoms with Crippen molar-refractivity contribution in [2.24, 2.45) is 0 Å². The van der Waals surface area contributed by atoms with Crippen molar-refractivity contribution in [1.29, 1.82) is 0 Å². The van der Waals surface area contributed by atoms with Gasteiger partial charge >= 0.3 is 5.97 Å². The van der Waals surface area contributed by atoms with Crippen molar-refractivity contribution in [2.75, 3.05) is 14.2 Å². The van der Waals surface area contributed by atoms with Gasteiger partial charge < -0.3 is 14.3 Å². The third-order valence-corrected chi connectivity index (χ3v) is 3.46. The summed E-state index contributed by atoms with van der Waals surface area (Å²) in [6.07, 6.45) is 0. The summed E-state index contributed by atoms with van der Waals surface area (Å²) in [4.78, 5) is 13.7. The number of furan rings is 1. The normalized spacial score (nSPS) is 11.0. The van der Waals surface area contributed by atoms with Crippen LogP contribution in [0.5, 0.6) is 0 Å². The van der Waals surface area contributed by atoms with Crippen LogP contribution in [0.4, 0.5) is 0 Å². The van der Waals surface area contributed by atoms with Crippen LogP contribution in [0, 0.1) is 6.92 Å². The lowest BCUT2D eigenvalue weighted by atomic mass is 10.1. The Morgan fingerprint density at radius 2 is 1.86 bits per heavy atom. The van der Waals surface area contributed by atoms with E-state index in [1.807, 2.05) is 31.3 Å². The standard InChI is InChI=1S/C17H21NO4/c1-12-16(17(20)21-3)8-15(22-12)10-18(2)9-13-4-6-14(11-19)7-5-13/h4-8,19H,9-11H2,1-3H3. The largest absolute Gasteiger partial charge is 0.465 e. The molecule has 1 aromatic carbocycles. The number of aliphatic hydroxyl groups is 1. The lowest BCUT2D eigenvalue weighted by Gasteiger charge is -2.15. The van der Waals surface area contributed by atoms with E-state index in [0.29, 0.717) is 17.9 Å². The van der Waals surface area contributed by atoms with Crippen molar-refractivity contribution >= 4 is 5.97 Å². The molecule has 0 fully saturated rings. The zero-order valence-electron chi connectivity index (χ0n) is 13.1. The molecule has 0 bridgehead atoms. The summed E-state index contributed by atoms with van der Waals surface area (Å²) in [7, 11) is 3.34. The third-order valence-electron chi connectivity index (χ3n) is 3.46. The van der Waals surface area contributed by atoms with E-state index < -0.39 is 0 Å². The van der Waals surface area contributed by atoms with E-state index >= 15 is 0 Å². The van der Waals surface area contributed by atoms with Crippen LogP contribution in [0.1, 0.15) is 33.0 Å². The van der Waals surface area contributed by atoms with Gasteiger partial charge in [0, 0.05) is 6.54 Å². The number of carbonyl (C=O) groups excluding carboxylic acids is 1. The molecular weight excluding hydrogens is 282 g/mol. The maximum Gasteiger partial charge on any atom is 0.341 e. The van der Waals surface area contributed by atoms with Crippen molar-refractivity contribution in [1.82, 2.24) is 4.90 Å². The molecule has 1 heterocycles. The zero-order valence-corrected chi connectivity index (χ0v) is 13.1. The minimum absolute atomic E-state index is 0.0537. The van der Waals surface area contributed by atoms with E-state index in [2.05, 4.69) is 4.90 Å². The van der Waals surface area contributed by atoms with Crippen LogP contribution in [0.2, 0.25) is 0 Å². The highest BCUT2D eigenvalue weighted by atomic mass is 16.5. The fourth-order valence-electron chi connectivity index (χ4n) is 2.32. The molecule has 118 valence electrons. The van der Waals surface area contributed by atoms with Crippen molar-refractivity contribution in [3.05, 3.63) is 58.5 Å². The third kappa shape index (κ3) is 3.96. The number of hydrogen-bond donors (Lipinski definition) is 1. The molecule has 0 aliphatic carbocycles. The monoisotopic (exact) mass is 303 g/mol. The summed E-state index contributed by atoms with van der Waals surface area (Å²) in [6, 6.07) is 9.54.